The van der Waals surface area contributed by atoms with E-state index in [2.05, 4.69) is 32.5 Å². The molecule has 11 nitrogen and oxygen atoms in total. The van der Waals surface area contributed by atoms with Crippen LogP contribution in [-0.4, -0.2) is 60.0 Å². The number of carbonyl (C=O) groups excluding carboxylic acids is 2. The van der Waals surface area contributed by atoms with Crippen molar-refractivity contribution in [2.75, 3.05) is 18.1 Å². The summed E-state index contributed by atoms with van der Waals surface area (Å²) in [4.78, 5) is 36.1. The van der Waals surface area contributed by atoms with E-state index in [9.17, 15) is 9.59 Å². The van der Waals surface area contributed by atoms with Crippen LogP contribution >= 0.6 is 0 Å². The highest BCUT2D eigenvalue weighted by atomic mass is 16.6. The van der Waals surface area contributed by atoms with E-state index in [1.807, 2.05) is 37.4 Å². The number of amides is 1. The number of carbonyl (C=O) groups is 2. The van der Waals surface area contributed by atoms with Gasteiger partial charge in [-0.25, -0.2) is 14.5 Å². The smallest absolute Gasteiger partial charge is 0.415 e. The van der Waals surface area contributed by atoms with Crippen molar-refractivity contribution in [2.24, 2.45) is 0 Å². The van der Waals surface area contributed by atoms with Gasteiger partial charge in [0.2, 0.25) is 0 Å². The van der Waals surface area contributed by atoms with E-state index < -0.39 is 11.7 Å². The quantitative estimate of drug-likeness (QED) is 0.327. The van der Waals surface area contributed by atoms with E-state index >= 15 is 0 Å². The molecule has 5 heterocycles. The van der Waals surface area contributed by atoms with Crippen molar-refractivity contribution in [3.63, 3.8) is 0 Å². The predicted octanol–water partition coefficient (Wildman–Crippen LogP) is 4.20. The third kappa shape index (κ3) is 5.62. The molecule has 1 aliphatic carbocycles. The van der Waals surface area contributed by atoms with E-state index in [4.69, 9.17) is 9.47 Å². The Kier molecular flexibility index (Phi) is 6.28. The fraction of sp³-hybridized carbons (Fsp3) is 0.429. The van der Waals surface area contributed by atoms with Crippen LogP contribution in [0.1, 0.15) is 73.4 Å². The maximum atomic E-state index is 12.8. The minimum atomic E-state index is -0.600. The van der Waals surface area contributed by atoms with Crippen molar-refractivity contribution >= 4 is 23.2 Å². The number of rotatable bonds is 7. The lowest BCUT2D eigenvalue weighted by Crippen LogP contribution is -2.41. The van der Waals surface area contributed by atoms with Crippen molar-refractivity contribution < 1.29 is 19.1 Å². The summed E-state index contributed by atoms with van der Waals surface area (Å²) >= 11 is 0. The summed E-state index contributed by atoms with van der Waals surface area (Å²) in [7, 11) is 0. The molecule has 0 saturated heterocycles. The highest BCUT2D eigenvalue weighted by Crippen LogP contribution is 2.40. The predicted molar refractivity (Wildman–Crippen MR) is 142 cm³/mol. The van der Waals surface area contributed by atoms with Gasteiger partial charge in [-0.3, -0.25) is 14.7 Å². The number of fused-ring (bicyclic) bond motifs is 2. The molecular formula is C28H31N7O4. The molecule has 11 heteroatoms. The number of aromatic nitrogens is 6. The molecule has 1 saturated carbocycles. The molecule has 0 spiro atoms. The maximum Gasteiger partial charge on any atom is 0.415 e. The van der Waals surface area contributed by atoms with E-state index in [0.29, 0.717) is 54.9 Å². The van der Waals surface area contributed by atoms with Crippen LogP contribution in [0.15, 0.2) is 43.0 Å². The topological polar surface area (TPSA) is 117 Å². The van der Waals surface area contributed by atoms with Crippen LogP contribution in [0, 0.1) is 0 Å². The molecule has 1 aliphatic heterocycles. The lowest BCUT2D eigenvalue weighted by atomic mass is 10.1. The van der Waals surface area contributed by atoms with E-state index in [-0.39, 0.29) is 12.2 Å². The number of pyridine rings is 2. The minimum Gasteiger partial charge on any atom is -0.489 e. The summed E-state index contributed by atoms with van der Waals surface area (Å²) < 4.78 is 14.9. The van der Waals surface area contributed by atoms with Gasteiger partial charge in [0.05, 0.1) is 31.2 Å². The average molecular weight is 530 g/mol. The van der Waals surface area contributed by atoms with Crippen LogP contribution in [0.25, 0.3) is 5.65 Å². The molecule has 0 N–H and O–H groups in total. The van der Waals surface area contributed by atoms with Crippen LogP contribution in [0.4, 0.5) is 10.5 Å². The highest BCUT2D eigenvalue weighted by molar-refractivity contribution is 5.94. The Morgan fingerprint density at radius 1 is 1.13 bits per heavy atom. The number of imidazole rings is 1. The van der Waals surface area contributed by atoms with E-state index in [1.54, 1.807) is 23.1 Å². The van der Waals surface area contributed by atoms with Crippen molar-refractivity contribution in [3.05, 3.63) is 65.6 Å². The normalized spacial score (nSPS) is 15.2. The molecule has 0 atom stereocenters. The SMILES string of the molecule is CC(C)(C)OC(=O)N1CCOc2cc(CCC(=O)c3cn(Cc4cn5cc(C6CC6)ccc5n4)nn3)ncc21. The Bertz CT molecular complexity index is 1550. The van der Waals surface area contributed by atoms with Gasteiger partial charge in [-0.2, -0.15) is 0 Å². The molecule has 2 aliphatic rings. The van der Waals surface area contributed by atoms with Gasteiger partial charge < -0.3 is 13.9 Å². The molecule has 0 bridgehead atoms. The Labute approximate surface area is 225 Å². The molecule has 0 unspecified atom stereocenters. The van der Waals surface area contributed by atoms with Gasteiger partial charge in [-0.1, -0.05) is 11.3 Å². The Hall–Kier alpha value is -4.28. The van der Waals surface area contributed by atoms with Crippen molar-refractivity contribution in [1.82, 2.24) is 29.4 Å². The molecule has 1 amide bonds. The number of nitrogens with zero attached hydrogens (tertiary/aromatic N) is 7. The van der Waals surface area contributed by atoms with Crippen LogP contribution in [0.3, 0.4) is 0 Å². The van der Waals surface area contributed by atoms with Crippen LogP contribution in [0.2, 0.25) is 0 Å². The summed E-state index contributed by atoms with van der Waals surface area (Å²) in [5.74, 6) is 1.11. The van der Waals surface area contributed by atoms with E-state index in [0.717, 1.165) is 11.3 Å². The largest absolute Gasteiger partial charge is 0.489 e. The summed E-state index contributed by atoms with van der Waals surface area (Å²) in [5, 5.41) is 8.21. The van der Waals surface area contributed by atoms with Gasteiger partial charge in [0.1, 0.15) is 35.0 Å². The molecule has 4 aromatic rings. The van der Waals surface area contributed by atoms with Gasteiger partial charge >= 0.3 is 6.09 Å². The zero-order valence-corrected chi connectivity index (χ0v) is 22.3. The Morgan fingerprint density at radius 2 is 1.97 bits per heavy atom. The van der Waals surface area contributed by atoms with Crippen molar-refractivity contribution in [1.29, 1.82) is 0 Å². The van der Waals surface area contributed by atoms with Gasteiger partial charge in [0.15, 0.2) is 5.78 Å². The first-order valence-corrected chi connectivity index (χ1v) is 13.2. The number of anilines is 1. The first-order chi connectivity index (χ1) is 18.7. The first-order valence-electron chi connectivity index (χ1n) is 13.2. The number of ketones is 1. The second kappa shape index (κ2) is 9.79. The Morgan fingerprint density at radius 3 is 2.77 bits per heavy atom. The maximum absolute atomic E-state index is 12.8. The summed E-state index contributed by atoms with van der Waals surface area (Å²) in [5.41, 5.74) is 4.05. The molecule has 1 fully saturated rings. The minimum absolute atomic E-state index is 0.124. The molecule has 202 valence electrons. The number of aryl methyl sites for hydroxylation is 1. The Balaban J connectivity index is 1.07. The van der Waals surface area contributed by atoms with Gasteiger partial charge in [0.25, 0.3) is 0 Å². The molecule has 0 aromatic carbocycles. The first kappa shape index (κ1) is 25.0. The molecule has 39 heavy (non-hydrogen) atoms. The number of hydrogen-bond acceptors (Lipinski definition) is 8. The zero-order chi connectivity index (χ0) is 27.1. The molecule has 0 radical (unpaired) electrons. The number of ether oxygens (including phenoxy) is 2. The van der Waals surface area contributed by atoms with Gasteiger partial charge in [-0.05, 0) is 57.6 Å². The van der Waals surface area contributed by atoms with Gasteiger partial charge in [-0.15, -0.1) is 5.10 Å². The molecular weight excluding hydrogens is 498 g/mol. The number of hydrogen-bond donors (Lipinski definition) is 0. The van der Waals surface area contributed by atoms with E-state index in [1.165, 1.54) is 23.3 Å². The summed E-state index contributed by atoms with van der Waals surface area (Å²) in [6.45, 7) is 6.64. The third-order valence-electron chi connectivity index (χ3n) is 6.71. The third-order valence-corrected chi connectivity index (χ3v) is 6.71. The van der Waals surface area contributed by atoms with Crippen molar-refractivity contribution in [3.8, 4) is 5.75 Å². The summed E-state index contributed by atoms with van der Waals surface area (Å²) in [6.07, 6.45) is 10.1. The lowest BCUT2D eigenvalue weighted by Gasteiger charge is -2.31. The van der Waals surface area contributed by atoms with Gasteiger partial charge in [0, 0.05) is 30.6 Å². The average Bonchev–Trinajstić information content (AvgIpc) is 3.51. The fourth-order valence-electron chi connectivity index (χ4n) is 4.63. The second-order valence-electron chi connectivity index (χ2n) is 11.1. The lowest BCUT2D eigenvalue weighted by molar-refractivity contribution is 0.0567. The van der Waals surface area contributed by atoms with Crippen LogP contribution in [0.5, 0.6) is 5.75 Å². The standard InChI is InChI=1S/C28H31N7O4/c1-28(2,3)39-27(37)35-10-11-38-25-12-20(29-13-23(25)35)7-8-24(36)22-17-34(32-31-22)16-21-15-33-14-19(18-4-5-18)6-9-26(33)30-21/h6,9,12-15,17-18H,4-5,7-8,10-11,16H2,1-3H3. The highest BCUT2D eigenvalue weighted by Gasteiger charge is 2.29. The van der Waals surface area contributed by atoms with Crippen molar-refractivity contribution in [2.45, 2.75) is 64.5 Å². The summed E-state index contributed by atoms with van der Waals surface area (Å²) in [6, 6.07) is 5.97. The second-order valence-corrected chi connectivity index (χ2v) is 11.1. The van der Waals surface area contributed by atoms with Crippen LogP contribution < -0.4 is 9.64 Å². The number of Topliss-reactive ketones (excluding diaryl/α,β-unsaturated/α-hetero) is 1. The van der Waals surface area contributed by atoms with Crippen LogP contribution in [-0.2, 0) is 17.7 Å². The fourth-order valence-corrected chi connectivity index (χ4v) is 4.63. The monoisotopic (exact) mass is 529 g/mol. The zero-order valence-electron chi connectivity index (χ0n) is 22.3. The molecule has 6 rings (SSSR count). The molecule has 4 aromatic heterocycles.